The Labute approximate surface area is 172 Å². The van der Waals surface area contributed by atoms with Crippen molar-refractivity contribution in [3.8, 4) is 0 Å². The van der Waals surface area contributed by atoms with Gasteiger partial charge >= 0.3 is 0 Å². The molecule has 1 unspecified atom stereocenters. The Bertz CT molecular complexity index is 530. The number of carbonyl (C=O) groups excluding carboxylic acids is 2. The summed E-state index contributed by atoms with van der Waals surface area (Å²) < 4.78 is 0. The van der Waals surface area contributed by atoms with Crippen LogP contribution in [-0.2, 0) is 9.59 Å². The predicted octanol–water partition coefficient (Wildman–Crippen LogP) is 6.41. The summed E-state index contributed by atoms with van der Waals surface area (Å²) >= 11 is 0. The number of unbranched alkanes of at least 4 members (excludes halogenated alkanes) is 8. The third-order valence-electron chi connectivity index (χ3n) is 5.24. The Morgan fingerprint density at radius 1 is 1.00 bits per heavy atom. The van der Waals surface area contributed by atoms with Crippen molar-refractivity contribution >= 4 is 11.6 Å². The Hall–Kier alpha value is -1.48. The lowest BCUT2D eigenvalue weighted by molar-refractivity contribution is -0.127. The van der Waals surface area contributed by atoms with Gasteiger partial charge in [-0.25, -0.2) is 0 Å². The van der Waals surface area contributed by atoms with Crippen molar-refractivity contribution in [2.75, 3.05) is 0 Å². The molecule has 0 saturated carbocycles. The second-order valence-electron chi connectivity index (χ2n) is 8.17. The van der Waals surface area contributed by atoms with Crippen LogP contribution in [0.25, 0.3) is 0 Å². The molecule has 158 valence electrons. The smallest absolute Gasteiger partial charge is 0.158 e. The van der Waals surface area contributed by atoms with Crippen LogP contribution in [0.2, 0.25) is 0 Å². The zero-order valence-electron chi connectivity index (χ0n) is 17.8. The normalized spacial score (nSPS) is 19.9. The average molecular weight is 389 g/mol. The lowest BCUT2D eigenvalue weighted by Crippen LogP contribution is -2.35. The van der Waals surface area contributed by atoms with E-state index in [0.29, 0.717) is 12.8 Å². The van der Waals surface area contributed by atoms with E-state index in [-0.39, 0.29) is 24.4 Å². The first-order chi connectivity index (χ1) is 13.6. The summed E-state index contributed by atoms with van der Waals surface area (Å²) in [5, 5.41) is 10.3. The third kappa shape index (κ3) is 12.8. The van der Waals surface area contributed by atoms with Crippen LogP contribution in [0, 0.1) is 0 Å². The molecule has 0 fully saturated rings. The highest BCUT2D eigenvalue weighted by atomic mass is 16.3. The second-order valence-corrected chi connectivity index (χ2v) is 8.17. The Kier molecular flexibility index (Phi) is 13.5. The lowest BCUT2D eigenvalue weighted by Gasteiger charge is -2.27. The topological polar surface area (TPSA) is 54.4 Å². The third-order valence-corrected chi connectivity index (χ3v) is 5.24. The van der Waals surface area contributed by atoms with Crippen LogP contribution in [0.3, 0.4) is 0 Å². The summed E-state index contributed by atoms with van der Waals surface area (Å²) in [6.45, 7) is 2.23. The van der Waals surface area contributed by atoms with Crippen LogP contribution in [0.4, 0.5) is 0 Å². The van der Waals surface area contributed by atoms with Gasteiger partial charge in [-0.05, 0) is 51.0 Å². The van der Waals surface area contributed by atoms with Crippen molar-refractivity contribution < 1.29 is 14.7 Å². The number of hydrogen-bond acceptors (Lipinski definition) is 3. The van der Waals surface area contributed by atoms with Crippen molar-refractivity contribution in [1.29, 1.82) is 0 Å². The molecule has 0 bridgehead atoms. The van der Waals surface area contributed by atoms with E-state index < -0.39 is 5.60 Å². The quantitative estimate of drug-likeness (QED) is 0.245. The minimum Gasteiger partial charge on any atom is -0.389 e. The molecule has 0 heterocycles. The van der Waals surface area contributed by atoms with Gasteiger partial charge in [-0.2, -0.15) is 0 Å². The highest BCUT2D eigenvalue weighted by Gasteiger charge is 2.32. The largest absolute Gasteiger partial charge is 0.389 e. The first kappa shape index (κ1) is 24.6. The van der Waals surface area contributed by atoms with Gasteiger partial charge < -0.3 is 5.11 Å². The molecular formula is C25H40O3. The number of allylic oxidation sites excluding steroid dienone is 5. The number of ketones is 2. The molecule has 0 saturated heterocycles. The van der Waals surface area contributed by atoms with Gasteiger partial charge in [0.2, 0.25) is 0 Å². The van der Waals surface area contributed by atoms with Gasteiger partial charge in [0, 0.05) is 19.3 Å². The van der Waals surface area contributed by atoms with Gasteiger partial charge in [-0.3, -0.25) is 9.59 Å². The van der Waals surface area contributed by atoms with E-state index in [1.807, 2.05) is 0 Å². The minimum atomic E-state index is -1.14. The van der Waals surface area contributed by atoms with E-state index >= 15 is 0 Å². The maximum absolute atomic E-state index is 12.0. The molecule has 1 rings (SSSR count). The molecule has 0 amide bonds. The van der Waals surface area contributed by atoms with Crippen LogP contribution in [-0.4, -0.2) is 22.3 Å². The monoisotopic (exact) mass is 388 g/mol. The molecule has 0 aliphatic heterocycles. The fourth-order valence-electron chi connectivity index (χ4n) is 3.59. The van der Waals surface area contributed by atoms with E-state index in [2.05, 4.69) is 31.2 Å². The lowest BCUT2D eigenvalue weighted by atomic mass is 9.83. The summed E-state index contributed by atoms with van der Waals surface area (Å²) in [5.74, 6) is -0.00474. The van der Waals surface area contributed by atoms with Gasteiger partial charge in [0.25, 0.3) is 0 Å². The standard InChI is InChI=1S/C25H40O3/c1-2-3-4-5-6-7-8-9-10-11-12-13-14-15-16-18-23(26)21-25(28)20-17-19-24(27)22-25/h6-7,9-10,17,19,28H,2-5,8,11-16,18,20-22H2,1H3. The van der Waals surface area contributed by atoms with Crippen LogP contribution in [0.15, 0.2) is 36.5 Å². The van der Waals surface area contributed by atoms with Crippen LogP contribution in [0.5, 0.6) is 0 Å². The molecule has 0 aromatic heterocycles. The zero-order valence-corrected chi connectivity index (χ0v) is 17.8. The SMILES string of the molecule is CCCCCC=CCC=CCCCCCCCC(=O)CC1(O)CC=CC(=O)C1. The molecule has 1 N–H and O–H groups in total. The first-order valence-electron chi connectivity index (χ1n) is 11.3. The molecule has 0 aromatic carbocycles. The number of aliphatic hydroxyl groups is 1. The van der Waals surface area contributed by atoms with E-state index in [1.54, 1.807) is 6.08 Å². The van der Waals surface area contributed by atoms with Gasteiger partial charge in [-0.15, -0.1) is 0 Å². The second kappa shape index (κ2) is 15.4. The van der Waals surface area contributed by atoms with Gasteiger partial charge in [-0.1, -0.05) is 69.4 Å². The number of hydrogen-bond donors (Lipinski definition) is 1. The molecule has 0 spiro atoms. The molecular weight excluding hydrogens is 348 g/mol. The van der Waals surface area contributed by atoms with E-state index in [9.17, 15) is 14.7 Å². The summed E-state index contributed by atoms with van der Waals surface area (Å²) in [4.78, 5) is 23.4. The Balaban J connectivity index is 1.93. The van der Waals surface area contributed by atoms with Gasteiger partial charge in [0.15, 0.2) is 5.78 Å². The molecule has 1 aliphatic carbocycles. The van der Waals surface area contributed by atoms with Crippen LogP contribution < -0.4 is 0 Å². The van der Waals surface area contributed by atoms with Crippen LogP contribution in [0.1, 0.15) is 103 Å². The van der Waals surface area contributed by atoms with Crippen molar-refractivity contribution in [3.05, 3.63) is 36.5 Å². The van der Waals surface area contributed by atoms with E-state index in [1.165, 1.54) is 44.6 Å². The Morgan fingerprint density at radius 2 is 1.64 bits per heavy atom. The molecule has 0 radical (unpaired) electrons. The van der Waals surface area contributed by atoms with Crippen molar-refractivity contribution in [2.45, 2.75) is 109 Å². The fraction of sp³-hybridized carbons (Fsp3) is 0.680. The molecule has 28 heavy (non-hydrogen) atoms. The highest BCUT2D eigenvalue weighted by molar-refractivity contribution is 5.92. The summed E-state index contributed by atoms with van der Waals surface area (Å²) in [5.41, 5.74) is -1.14. The summed E-state index contributed by atoms with van der Waals surface area (Å²) in [7, 11) is 0. The molecule has 1 atom stereocenters. The summed E-state index contributed by atoms with van der Waals surface area (Å²) in [6, 6.07) is 0. The Morgan fingerprint density at radius 3 is 2.32 bits per heavy atom. The maximum atomic E-state index is 12.0. The van der Waals surface area contributed by atoms with E-state index in [4.69, 9.17) is 0 Å². The van der Waals surface area contributed by atoms with Gasteiger partial charge in [0.05, 0.1) is 5.60 Å². The minimum absolute atomic E-state index is 0.0799. The summed E-state index contributed by atoms with van der Waals surface area (Å²) in [6.07, 6.45) is 26.2. The zero-order chi connectivity index (χ0) is 20.5. The molecule has 3 nitrogen and oxygen atoms in total. The van der Waals surface area contributed by atoms with Crippen molar-refractivity contribution in [3.63, 3.8) is 0 Å². The first-order valence-corrected chi connectivity index (χ1v) is 11.3. The molecule has 1 aliphatic rings. The van der Waals surface area contributed by atoms with Crippen LogP contribution >= 0.6 is 0 Å². The fourth-order valence-corrected chi connectivity index (χ4v) is 3.59. The predicted molar refractivity (Wildman–Crippen MR) is 117 cm³/mol. The number of Topliss-reactive ketones (excluding diaryl/α,β-unsaturated/α-hetero) is 1. The number of carbonyl (C=O) groups is 2. The van der Waals surface area contributed by atoms with Crippen molar-refractivity contribution in [1.82, 2.24) is 0 Å². The van der Waals surface area contributed by atoms with Crippen molar-refractivity contribution in [2.24, 2.45) is 0 Å². The highest BCUT2D eigenvalue weighted by Crippen LogP contribution is 2.26. The molecule has 3 heteroatoms. The van der Waals surface area contributed by atoms with Gasteiger partial charge in [0.1, 0.15) is 5.78 Å². The average Bonchev–Trinajstić information content (AvgIpc) is 2.64. The number of rotatable bonds is 16. The van der Waals surface area contributed by atoms with E-state index in [0.717, 1.165) is 32.1 Å². The maximum Gasteiger partial charge on any atom is 0.158 e. The molecule has 0 aromatic rings.